The van der Waals surface area contributed by atoms with Crippen molar-refractivity contribution in [1.29, 1.82) is 0 Å². The largest absolute Gasteiger partial charge is 0.385 e. The number of alkyl halides is 1. The minimum Gasteiger partial charge on any atom is -0.385 e. The molecule has 0 spiro atoms. The summed E-state index contributed by atoms with van der Waals surface area (Å²) in [5, 5.41) is 3.47. The Morgan fingerprint density at radius 1 is 1.29 bits per heavy atom. The molecule has 86 valence electrons. The van der Waals surface area contributed by atoms with Crippen LogP contribution in [0.15, 0.2) is 0 Å². The molecule has 0 aromatic rings. The molecule has 2 atom stereocenters. The lowest BCUT2D eigenvalue weighted by Gasteiger charge is -2.13. The summed E-state index contributed by atoms with van der Waals surface area (Å²) in [6.07, 6.45) is 3.51. The van der Waals surface area contributed by atoms with Crippen LogP contribution < -0.4 is 5.32 Å². The second-order valence-corrected chi connectivity index (χ2v) is 4.35. The van der Waals surface area contributed by atoms with Crippen molar-refractivity contribution in [2.75, 3.05) is 26.1 Å². The molecule has 0 amide bonds. The van der Waals surface area contributed by atoms with Crippen LogP contribution in [0.25, 0.3) is 0 Å². The Hall–Kier alpha value is 0.210. The molecule has 0 saturated carbocycles. The lowest BCUT2D eigenvalue weighted by Crippen LogP contribution is -2.28. The van der Waals surface area contributed by atoms with Gasteiger partial charge in [0.05, 0.1) is 0 Å². The summed E-state index contributed by atoms with van der Waals surface area (Å²) in [5.74, 6) is 1.42. The predicted octanol–water partition coefficient (Wildman–Crippen LogP) is 2.66. The minimum atomic E-state index is 0.557. The van der Waals surface area contributed by atoms with Crippen LogP contribution in [-0.4, -0.2) is 32.2 Å². The number of rotatable bonds is 9. The van der Waals surface area contributed by atoms with Gasteiger partial charge >= 0.3 is 0 Å². The number of hydrogen-bond acceptors (Lipinski definition) is 2. The molecule has 0 aliphatic heterocycles. The zero-order chi connectivity index (χ0) is 10.8. The molecule has 0 aliphatic carbocycles. The zero-order valence-corrected chi connectivity index (χ0v) is 10.4. The molecule has 0 aromatic carbocycles. The molecular weight excluding hydrogens is 198 g/mol. The van der Waals surface area contributed by atoms with Gasteiger partial charge in [-0.05, 0) is 38.6 Å². The number of ether oxygens (including phenoxy) is 1. The molecule has 0 aromatic heterocycles. The summed E-state index contributed by atoms with van der Waals surface area (Å²) in [7, 11) is 1.74. The first-order chi connectivity index (χ1) is 6.70. The molecule has 0 bridgehead atoms. The molecule has 1 N–H and O–H groups in total. The third-order valence-corrected chi connectivity index (χ3v) is 2.91. The number of nitrogens with one attached hydrogen (secondary N) is 1. The predicted molar refractivity (Wildman–Crippen MR) is 63.1 cm³/mol. The third kappa shape index (κ3) is 8.79. The highest BCUT2D eigenvalue weighted by atomic mass is 35.5. The van der Waals surface area contributed by atoms with E-state index in [0.29, 0.717) is 12.0 Å². The van der Waals surface area contributed by atoms with Crippen LogP contribution in [0.5, 0.6) is 0 Å². The van der Waals surface area contributed by atoms with E-state index < -0.39 is 0 Å². The summed E-state index contributed by atoms with van der Waals surface area (Å²) in [6.45, 7) is 6.32. The third-order valence-electron chi connectivity index (χ3n) is 2.38. The van der Waals surface area contributed by atoms with E-state index in [1.165, 1.54) is 12.8 Å². The summed E-state index contributed by atoms with van der Waals surface area (Å²) >= 11 is 5.73. The Labute approximate surface area is 93.4 Å². The zero-order valence-electron chi connectivity index (χ0n) is 9.68. The highest BCUT2D eigenvalue weighted by Crippen LogP contribution is 2.06. The summed E-state index contributed by atoms with van der Waals surface area (Å²) in [4.78, 5) is 0. The van der Waals surface area contributed by atoms with Crippen molar-refractivity contribution in [2.24, 2.45) is 5.92 Å². The topological polar surface area (TPSA) is 21.3 Å². The lowest BCUT2D eigenvalue weighted by atomic mass is 10.1. The average molecular weight is 222 g/mol. The monoisotopic (exact) mass is 221 g/mol. The van der Waals surface area contributed by atoms with Crippen LogP contribution >= 0.6 is 11.6 Å². The quantitative estimate of drug-likeness (QED) is 0.478. The first kappa shape index (κ1) is 14.2. The molecule has 0 heterocycles. The van der Waals surface area contributed by atoms with E-state index in [1.807, 2.05) is 0 Å². The van der Waals surface area contributed by atoms with Crippen LogP contribution in [0, 0.1) is 5.92 Å². The smallest absolute Gasteiger partial charge is 0.0476 e. The van der Waals surface area contributed by atoms with E-state index in [4.69, 9.17) is 16.3 Å². The van der Waals surface area contributed by atoms with Crippen LogP contribution in [0.3, 0.4) is 0 Å². The Bertz CT molecular complexity index is 122. The molecule has 0 rings (SSSR count). The Morgan fingerprint density at radius 3 is 2.57 bits per heavy atom. The number of hydrogen-bond donors (Lipinski definition) is 1. The van der Waals surface area contributed by atoms with Gasteiger partial charge in [0.25, 0.3) is 0 Å². The van der Waals surface area contributed by atoms with Gasteiger partial charge in [-0.2, -0.15) is 0 Å². The number of halogens is 1. The SMILES string of the molecule is COCCC(C)NCCCC(C)CCl. The van der Waals surface area contributed by atoms with Gasteiger partial charge in [0, 0.05) is 25.6 Å². The Balaban J connectivity index is 3.18. The molecule has 2 nitrogen and oxygen atoms in total. The first-order valence-corrected chi connectivity index (χ1v) is 6.02. The van der Waals surface area contributed by atoms with Crippen molar-refractivity contribution < 1.29 is 4.74 Å². The van der Waals surface area contributed by atoms with E-state index >= 15 is 0 Å². The van der Waals surface area contributed by atoms with Crippen LogP contribution in [0.1, 0.15) is 33.1 Å². The molecular formula is C11H24ClNO. The van der Waals surface area contributed by atoms with Crippen molar-refractivity contribution >= 4 is 11.6 Å². The van der Waals surface area contributed by atoms with Crippen LogP contribution in [-0.2, 0) is 4.74 Å². The fourth-order valence-corrected chi connectivity index (χ4v) is 1.43. The normalized spacial score (nSPS) is 15.4. The van der Waals surface area contributed by atoms with Gasteiger partial charge in [-0.25, -0.2) is 0 Å². The van der Waals surface area contributed by atoms with Gasteiger partial charge < -0.3 is 10.1 Å². The maximum Gasteiger partial charge on any atom is 0.0476 e. The van der Waals surface area contributed by atoms with E-state index in [9.17, 15) is 0 Å². The summed E-state index contributed by atoms with van der Waals surface area (Å²) < 4.78 is 5.02. The molecule has 0 radical (unpaired) electrons. The molecule has 0 aliphatic rings. The van der Waals surface area contributed by atoms with E-state index in [1.54, 1.807) is 7.11 Å². The summed E-state index contributed by atoms with van der Waals surface area (Å²) in [6, 6.07) is 0.557. The van der Waals surface area contributed by atoms with Crippen molar-refractivity contribution in [1.82, 2.24) is 5.32 Å². The fraction of sp³-hybridized carbons (Fsp3) is 1.00. The Kier molecular flexibility index (Phi) is 9.90. The van der Waals surface area contributed by atoms with Gasteiger partial charge in [-0.1, -0.05) is 6.92 Å². The van der Waals surface area contributed by atoms with Crippen molar-refractivity contribution in [3.63, 3.8) is 0 Å². The first-order valence-electron chi connectivity index (χ1n) is 5.49. The maximum absolute atomic E-state index is 5.73. The van der Waals surface area contributed by atoms with Crippen molar-refractivity contribution in [3.05, 3.63) is 0 Å². The molecule has 0 fully saturated rings. The second-order valence-electron chi connectivity index (χ2n) is 4.04. The van der Waals surface area contributed by atoms with E-state index in [2.05, 4.69) is 19.2 Å². The van der Waals surface area contributed by atoms with Crippen molar-refractivity contribution in [3.8, 4) is 0 Å². The van der Waals surface area contributed by atoms with Gasteiger partial charge in [0.1, 0.15) is 0 Å². The second kappa shape index (κ2) is 9.75. The van der Waals surface area contributed by atoms with E-state index in [-0.39, 0.29) is 0 Å². The Morgan fingerprint density at radius 2 is 2.00 bits per heavy atom. The highest BCUT2D eigenvalue weighted by molar-refractivity contribution is 6.18. The summed E-state index contributed by atoms with van der Waals surface area (Å²) in [5.41, 5.74) is 0. The lowest BCUT2D eigenvalue weighted by molar-refractivity contribution is 0.185. The number of methoxy groups -OCH3 is 1. The maximum atomic E-state index is 5.73. The molecule has 3 heteroatoms. The fourth-order valence-electron chi connectivity index (χ4n) is 1.27. The molecule has 14 heavy (non-hydrogen) atoms. The highest BCUT2D eigenvalue weighted by Gasteiger charge is 2.02. The molecule has 0 saturated heterocycles. The van der Waals surface area contributed by atoms with Gasteiger partial charge in [-0.3, -0.25) is 0 Å². The molecule has 2 unspecified atom stereocenters. The van der Waals surface area contributed by atoms with Crippen molar-refractivity contribution in [2.45, 2.75) is 39.2 Å². The van der Waals surface area contributed by atoms with Crippen LogP contribution in [0.4, 0.5) is 0 Å². The van der Waals surface area contributed by atoms with Gasteiger partial charge in [-0.15, -0.1) is 11.6 Å². The average Bonchev–Trinajstić information content (AvgIpc) is 2.21. The standard InChI is InChI=1S/C11H24ClNO/c1-10(9-12)5-4-7-13-11(2)6-8-14-3/h10-11,13H,4-9H2,1-3H3. The minimum absolute atomic E-state index is 0.557. The van der Waals surface area contributed by atoms with E-state index in [0.717, 1.165) is 25.5 Å². The van der Waals surface area contributed by atoms with Crippen LogP contribution in [0.2, 0.25) is 0 Å². The van der Waals surface area contributed by atoms with Gasteiger partial charge in [0.2, 0.25) is 0 Å². The van der Waals surface area contributed by atoms with Gasteiger partial charge in [0.15, 0.2) is 0 Å².